The van der Waals surface area contributed by atoms with Gasteiger partial charge in [0.05, 0.1) is 5.69 Å². The summed E-state index contributed by atoms with van der Waals surface area (Å²) in [6, 6.07) is 8.85. The maximum atomic E-state index is 13.1. The van der Waals surface area contributed by atoms with Crippen molar-refractivity contribution in [2.45, 2.75) is 31.7 Å². The standard InChI is InChI=1S/C17H21N3O3S/c1-3-20(15-8-5-4-7-13(15)2)24(22,23)14-11-16-17(21)18-9-6-10-19(16)12-14/h4-5,7-8,11-12H,3,6,9-10H2,1-2H3,(H,18,21). The summed E-state index contributed by atoms with van der Waals surface area (Å²) in [6.45, 7) is 5.24. The number of sulfonamides is 1. The molecular formula is C17H21N3O3S. The molecule has 1 aromatic heterocycles. The third-order valence-electron chi connectivity index (χ3n) is 4.22. The molecule has 1 aliphatic rings. The Labute approximate surface area is 142 Å². The van der Waals surface area contributed by atoms with Gasteiger partial charge in [-0.3, -0.25) is 9.10 Å². The van der Waals surface area contributed by atoms with Crippen molar-refractivity contribution in [3.8, 4) is 0 Å². The van der Waals surface area contributed by atoms with Crippen molar-refractivity contribution >= 4 is 21.6 Å². The summed E-state index contributed by atoms with van der Waals surface area (Å²) in [6.07, 6.45) is 2.35. The molecule has 7 heteroatoms. The molecule has 0 unspecified atom stereocenters. The van der Waals surface area contributed by atoms with Crippen molar-refractivity contribution in [1.29, 1.82) is 0 Å². The highest BCUT2D eigenvalue weighted by Crippen LogP contribution is 2.27. The molecule has 0 radical (unpaired) electrons. The molecule has 0 atom stereocenters. The zero-order valence-electron chi connectivity index (χ0n) is 13.8. The van der Waals surface area contributed by atoms with E-state index in [9.17, 15) is 13.2 Å². The Morgan fingerprint density at radius 2 is 2.04 bits per heavy atom. The monoisotopic (exact) mass is 347 g/mol. The maximum Gasteiger partial charge on any atom is 0.267 e. The first-order valence-electron chi connectivity index (χ1n) is 8.02. The minimum atomic E-state index is -3.72. The van der Waals surface area contributed by atoms with Crippen molar-refractivity contribution in [3.63, 3.8) is 0 Å². The number of rotatable bonds is 4. The smallest absolute Gasteiger partial charge is 0.267 e. The second kappa shape index (κ2) is 6.32. The first-order valence-corrected chi connectivity index (χ1v) is 9.46. The van der Waals surface area contributed by atoms with Crippen LogP contribution in [0.3, 0.4) is 0 Å². The molecule has 1 N–H and O–H groups in total. The van der Waals surface area contributed by atoms with Gasteiger partial charge in [0.15, 0.2) is 0 Å². The molecule has 1 aliphatic heterocycles. The average molecular weight is 347 g/mol. The number of para-hydroxylation sites is 1. The molecule has 0 saturated carbocycles. The summed E-state index contributed by atoms with van der Waals surface area (Å²) in [5, 5.41) is 2.78. The molecule has 128 valence electrons. The molecule has 3 rings (SSSR count). The van der Waals surface area contributed by atoms with E-state index in [0.717, 1.165) is 12.0 Å². The van der Waals surface area contributed by atoms with E-state index in [2.05, 4.69) is 5.32 Å². The van der Waals surface area contributed by atoms with Gasteiger partial charge in [-0.25, -0.2) is 8.42 Å². The van der Waals surface area contributed by atoms with Crippen LogP contribution >= 0.6 is 0 Å². The highest BCUT2D eigenvalue weighted by molar-refractivity contribution is 7.92. The first-order chi connectivity index (χ1) is 11.4. The number of fused-ring (bicyclic) bond motifs is 1. The summed E-state index contributed by atoms with van der Waals surface area (Å²) >= 11 is 0. The molecular weight excluding hydrogens is 326 g/mol. The first kappa shape index (κ1) is 16.6. The summed E-state index contributed by atoms with van der Waals surface area (Å²) in [5.41, 5.74) is 1.94. The van der Waals surface area contributed by atoms with Crippen molar-refractivity contribution in [1.82, 2.24) is 9.88 Å². The molecule has 1 amide bonds. The second-order valence-corrected chi connectivity index (χ2v) is 7.68. The highest BCUT2D eigenvalue weighted by Gasteiger charge is 2.28. The van der Waals surface area contributed by atoms with Gasteiger partial charge in [-0.1, -0.05) is 18.2 Å². The summed E-state index contributed by atoms with van der Waals surface area (Å²) in [7, 11) is -3.72. The van der Waals surface area contributed by atoms with E-state index in [4.69, 9.17) is 0 Å². The lowest BCUT2D eigenvalue weighted by Gasteiger charge is -2.24. The van der Waals surface area contributed by atoms with Gasteiger partial charge in [-0.05, 0) is 38.0 Å². The van der Waals surface area contributed by atoms with Crippen LogP contribution in [0.5, 0.6) is 0 Å². The Morgan fingerprint density at radius 3 is 2.75 bits per heavy atom. The van der Waals surface area contributed by atoms with Crippen LogP contribution in [0.25, 0.3) is 0 Å². The number of aryl methyl sites for hydroxylation is 2. The lowest BCUT2D eigenvalue weighted by molar-refractivity contribution is 0.0951. The number of benzene rings is 1. The van der Waals surface area contributed by atoms with Gasteiger partial charge in [0, 0.05) is 25.8 Å². The summed E-state index contributed by atoms with van der Waals surface area (Å²) in [4.78, 5) is 12.2. The van der Waals surface area contributed by atoms with Gasteiger partial charge in [0.1, 0.15) is 10.6 Å². The van der Waals surface area contributed by atoms with Gasteiger partial charge < -0.3 is 9.88 Å². The van der Waals surface area contributed by atoms with Crippen LogP contribution in [-0.4, -0.2) is 32.0 Å². The van der Waals surface area contributed by atoms with Crippen LogP contribution in [0.4, 0.5) is 5.69 Å². The number of nitrogens with zero attached hydrogens (tertiary/aromatic N) is 2. The van der Waals surface area contributed by atoms with Gasteiger partial charge in [-0.2, -0.15) is 0 Å². The van der Waals surface area contributed by atoms with Crippen molar-refractivity contribution in [3.05, 3.63) is 47.8 Å². The lowest BCUT2D eigenvalue weighted by atomic mass is 10.2. The molecule has 0 spiro atoms. The minimum absolute atomic E-state index is 0.152. The van der Waals surface area contributed by atoms with E-state index in [1.807, 2.05) is 25.1 Å². The predicted molar refractivity (Wildman–Crippen MR) is 92.8 cm³/mol. The van der Waals surface area contributed by atoms with Gasteiger partial charge in [-0.15, -0.1) is 0 Å². The van der Waals surface area contributed by atoms with Crippen LogP contribution in [0.1, 0.15) is 29.4 Å². The number of nitrogens with one attached hydrogen (secondary N) is 1. The highest BCUT2D eigenvalue weighted by atomic mass is 32.2. The van der Waals surface area contributed by atoms with Crippen LogP contribution in [0.2, 0.25) is 0 Å². The Hall–Kier alpha value is -2.28. The molecule has 6 nitrogen and oxygen atoms in total. The fourth-order valence-corrected chi connectivity index (χ4v) is 4.56. The fraction of sp³-hybridized carbons (Fsp3) is 0.353. The molecule has 0 bridgehead atoms. The summed E-state index contributed by atoms with van der Waals surface area (Å²) in [5.74, 6) is -0.229. The molecule has 1 aromatic carbocycles. The van der Waals surface area contributed by atoms with Crippen LogP contribution in [0.15, 0.2) is 41.4 Å². The topological polar surface area (TPSA) is 71.4 Å². The molecule has 2 aromatic rings. The van der Waals surface area contributed by atoms with Crippen LogP contribution in [-0.2, 0) is 16.6 Å². The zero-order valence-corrected chi connectivity index (χ0v) is 14.6. The van der Waals surface area contributed by atoms with E-state index in [1.54, 1.807) is 23.8 Å². The Morgan fingerprint density at radius 1 is 1.29 bits per heavy atom. The third kappa shape index (κ3) is 2.80. The molecule has 0 saturated heterocycles. The van der Waals surface area contributed by atoms with Crippen LogP contribution < -0.4 is 9.62 Å². The van der Waals surface area contributed by atoms with E-state index in [-0.39, 0.29) is 10.8 Å². The van der Waals surface area contributed by atoms with Crippen molar-refractivity contribution < 1.29 is 13.2 Å². The number of carbonyl (C=O) groups excluding carboxylic acids is 1. The van der Waals surface area contributed by atoms with Crippen molar-refractivity contribution in [2.75, 3.05) is 17.4 Å². The normalized spacial score (nSPS) is 14.7. The third-order valence-corrected chi connectivity index (χ3v) is 6.08. The Balaban J connectivity index is 2.06. The van der Waals surface area contributed by atoms with Crippen LogP contribution in [0, 0.1) is 6.92 Å². The average Bonchev–Trinajstić information content (AvgIpc) is 2.91. The quantitative estimate of drug-likeness (QED) is 0.921. The number of carbonyl (C=O) groups is 1. The Kier molecular flexibility index (Phi) is 4.36. The van der Waals surface area contributed by atoms with E-state index in [1.165, 1.54) is 10.4 Å². The number of hydrogen-bond acceptors (Lipinski definition) is 3. The zero-order chi connectivity index (χ0) is 17.3. The maximum absolute atomic E-state index is 13.1. The van der Waals surface area contributed by atoms with Crippen molar-refractivity contribution in [2.24, 2.45) is 0 Å². The molecule has 24 heavy (non-hydrogen) atoms. The minimum Gasteiger partial charge on any atom is -0.351 e. The van der Waals surface area contributed by atoms with E-state index in [0.29, 0.717) is 31.0 Å². The number of amides is 1. The van der Waals surface area contributed by atoms with E-state index >= 15 is 0 Å². The predicted octanol–water partition coefficient (Wildman–Crippen LogP) is 2.15. The summed E-state index contributed by atoms with van der Waals surface area (Å²) < 4.78 is 29.3. The second-order valence-electron chi connectivity index (χ2n) is 5.82. The van der Waals surface area contributed by atoms with Gasteiger partial charge in [0.25, 0.3) is 15.9 Å². The number of anilines is 1. The number of hydrogen-bond donors (Lipinski definition) is 1. The molecule has 0 aliphatic carbocycles. The SMILES string of the molecule is CCN(c1ccccc1C)S(=O)(=O)c1cc2n(c1)CCCNC2=O. The molecule has 2 heterocycles. The number of aromatic nitrogens is 1. The van der Waals surface area contributed by atoms with Gasteiger partial charge >= 0.3 is 0 Å². The lowest BCUT2D eigenvalue weighted by Crippen LogP contribution is -2.31. The fourth-order valence-electron chi connectivity index (χ4n) is 2.98. The van der Waals surface area contributed by atoms with Gasteiger partial charge in [0.2, 0.25) is 0 Å². The largest absolute Gasteiger partial charge is 0.351 e. The Bertz CT molecular complexity index is 871. The van der Waals surface area contributed by atoms with E-state index < -0.39 is 10.0 Å². The molecule has 0 fully saturated rings.